The van der Waals surface area contributed by atoms with E-state index in [2.05, 4.69) is 66.5 Å². The number of hydrogen-bond acceptors (Lipinski definition) is 2. The molecule has 0 saturated carbocycles. The average molecular weight is 268 g/mol. The second kappa shape index (κ2) is 7.83. The van der Waals surface area contributed by atoms with Gasteiger partial charge in [-0.1, -0.05) is 54.6 Å². The molecule has 0 spiro atoms. The van der Waals surface area contributed by atoms with Crippen molar-refractivity contribution in [2.75, 3.05) is 13.6 Å². The Kier molecular flexibility index (Phi) is 5.78. The minimum atomic E-state index is 0.617. The van der Waals surface area contributed by atoms with Gasteiger partial charge in [-0.3, -0.25) is 0 Å². The van der Waals surface area contributed by atoms with E-state index in [1.54, 1.807) is 0 Å². The zero-order chi connectivity index (χ0) is 14.2. The first-order valence-electron chi connectivity index (χ1n) is 7.28. The molecular formula is C18H24N2. The molecule has 0 bridgehead atoms. The van der Waals surface area contributed by atoms with Gasteiger partial charge in [0.05, 0.1) is 0 Å². The van der Waals surface area contributed by atoms with Crippen LogP contribution in [0.2, 0.25) is 0 Å². The summed E-state index contributed by atoms with van der Waals surface area (Å²) in [5.41, 5.74) is 9.65. The number of rotatable bonds is 7. The summed E-state index contributed by atoms with van der Waals surface area (Å²) in [6.07, 6.45) is 2.34. The molecule has 0 aliphatic rings. The van der Waals surface area contributed by atoms with E-state index in [4.69, 9.17) is 5.73 Å². The van der Waals surface area contributed by atoms with Gasteiger partial charge in [-0.2, -0.15) is 0 Å². The Morgan fingerprint density at radius 1 is 0.900 bits per heavy atom. The molecule has 0 saturated heterocycles. The van der Waals surface area contributed by atoms with Gasteiger partial charge in [-0.05, 0) is 43.1 Å². The van der Waals surface area contributed by atoms with Crippen molar-refractivity contribution in [2.24, 2.45) is 5.73 Å². The summed E-state index contributed by atoms with van der Waals surface area (Å²) in [7, 11) is 2.18. The SMILES string of the molecule is CN(CCCc1ccccc1)Cc1cccc(CN)c1. The molecule has 2 rings (SSSR count). The Bertz CT molecular complexity index is 508. The van der Waals surface area contributed by atoms with Crippen LogP contribution in [-0.2, 0) is 19.5 Å². The Balaban J connectivity index is 1.76. The fourth-order valence-electron chi connectivity index (χ4n) is 2.44. The van der Waals surface area contributed by atoms with E-state index in [0.717, 1.165) is 19.5 Å². The molecule has 0 fully saturated rings. The molecule has 0 atom stereocenters. The molecule has 2 aromatic rings. The zero-order valence-electron chi connectivity index (χ0n) is 12.3. The fourth-order valence-corrected chi connectivity index (χ4v) is 2.44. The molecule has 2 N–H and O–H groups in total. The molecule has 106 valence electrons. The highest BCUT2D eigenvalue weighted by Gasteiger charge is 2.01. The van der Waals surface area contributed by atoms with Crippen LogP contribution in [0.1, 0.15) is 23.1 Å². The molecule has 0 unspecified atom stereocenters. The lowest BCUT2D eigenvalue weighted by atomic mass is 10.1. The van der Waals surface area contributed by atoms with Crippen molar-refractivity contribution < 1.29 is 0 Å². The van der Waals surface area contributed by atoms with Gasteiger partial charge in [0.25, 0.3) is 0 Å². The highest BCUT2D eigenvalue weighted by Crippen LogP contribution is 2.08. The molecule has 0 aliphatic heterocycles. The van der Waals surface area contributed by atoms with Crippen LogP contribution in [0.4, 0.5) is 0 Å². The first kappa shape index (κ1) is 14.8. The highest BCUT2D eigenvalue weighted by molar-refractivity contribution is 5.23. The molecule has 0 aromatic heterocycles. The lowest BCUT2D eigenvalue weighted by Crippen LogP contribution is -2.19. The molecule has 0 amide bonds. The first-order valence-corrected chi connectivity index (χ1v) is 7.28. The molecule has 0 aliphatic carbocycles. The Morgan fingerprint density at radius 2 is 1.60 bits per heavy atom. The van der Waals surface area contributed by atoms with Crippen molar-refractivity contribution in [3.63, 3.8) is 0 Å². The van der Waals surface area contributed by atoms with E-state index in [9.17, 15) is 0 Å². The van der Waals surface area contributed by atoms with Gasteiger partial charge < -0.3 is 10.6 Å². The normalized spacial score (nSPS) is 10.9. The maximum Gasteiger partial charge on any atom is 0.0230 e. The van der Waals surface area contributed by atoms with Crippen LogP contribution in [0.15, 0.2) is 54.6 Å². The van der Waals surface area contributed by atoms with Crippen molar-refractivity contribution in [1.29, 1.82) is 0 Å². The maximum absolute atomic E-state index is 5.68. The number of nitrogens with zero attached hydrogens (tertiary/aromatic N) is 1. The van der Waals surface area contributed by atoms with E-state index in [1.807, 2.05) is 0 Å². The van der Waals surface area contributed by atoms with Gasteiger partial charge in [-0.15, -0.1) is 0 Å². The topological polar surface area (TPSA) is 29.3 Å². The quantitative estimate of drug-likeness (QED) is 0.835. The lowest BCUT2D eigenvalue weighted by molar-refractivity contribution is 0.322. The standard InChI is InChI=1S/C18H24N2/c1-20(12-6-11-16-7-3-2-4-8-16)15-18-10-5-9-17(13-18)14-19/h2-5,7-10,13H,6,11-12,14-15,19H2,1H3. The predicted molar refractivity (Wildman–Crippen MR) is 85.4 cm³/mol. The van der Waals surface area contributed by atoms with Crippen molar-refractivity contribution in [2.45, 2.75) is 25.9 Å². The minimum Gasteiger partial charge on any atom is -0.326 e. The van der Waals surface area contributed by atoms with Gasteiger partial charge in [0.15, 0.2) is 0 Å². The van der Waals surface area contributed by atoms with Gasteiger partial charge >= 0.3 is 0 Å². The molecule has 2 aromatic carbocycles. The molecule has 2 nitrogen and oxygen atoms in total. The van der Waals surface area contributed by atoms with Crippen LogP contribution in [0.5, 0.6) is 0 Å². The molecule has 0 radical (unpaired) electrons. The monoisotopic (exact) mass is 268 g/mol. The van der Waals surface area contributed by atoms with Crippen LogP contribution < -0.4 is 5.73 Å². The van der Waals surface area contributed by atoms with Gasteiger partial charge in [0, 0.05) is 13.1 Å². The second-order valence-corrected chi connectivity index (χ2v) is 5.35. The summed E-state index contributed by atoms with van der Waals surface area (Å²) in [4.78, 5) is 2.37. The maximum atomic E-state index is 5.68. The van der Waals surface area contributed by atoms with Crippen molar-refractivity contribution in [1.82, 2.24) is 4.90 Å². The van der Waals surface area contributed by atoms with Crippen LogP contribution in [-0.4, -0.2) is 18.5 Å². The molecule has 0 heterocycles. The van der Waals surface area contributed by atoms with Crippen LogP contribution >= 0.6 is 0 Å². The van der Waals surface area contributed by atoms with Crippen LogP contribution in [0, 0.1) is 0 Å². The third kappa shape index (κ3) is 4.80. The number of benzene rings is 2. The Labute approximate surface area is 122 Å². The summed E-state index contributed by atoms with van der Waals surface area (Å²) in [6, 6.07) is 19.2. The molecular weight excluding hydrogens is 244 g/mol. The van der Waals surface area contributed by atoms with E-state index in [0.29, 0.717) is 6.54 Å². The minimum absolute atomic E-state index is 0.617. The predicted octanol–water partition coefficient (Wildman–Crippen LogP) is 3.21. The molecule has 20 heavy (non-hydrogen) atoms. The largest absolute Gasteiger partial charge is 0.326 e. The van der Waals surface area contributed by atoms with Crippen molar-refractivity contribution >= 4 is 0 Å². The van der Waals surface area contributed by atoms with E-state index < -0.39 is 0 Å². The van der Waals surface area contributed by atoms with E-state index >= 15 is 0 Å². The van der Waals surface area contributed by atoms with Crippen molar-refractivity contribution in [3.8, 4) is 0 Å². The summed E-state index contributed by atoms with van der Waals surface area (Å²) in [6.45, 7) is 2.72. The van der Waals surface area contributed by atoms with Gasteiger partial charge in [0.2, 0.25) is 0 Å². The summed E-state index contributed by atoms with van der Waals surface area (Å²) in [5, 5.41) is 0. The third-order valence-corrected chi connectivity index (χ3v) is 3.53. The summed E-state index contributed by atoms with van der Waals surface area (Å²) in [5.74, 6) is 0. The lowest BCUT2D eigenvalue weighted by Gasteiger charge is -2.17. The smallest absolute Gasteiger partial charge is 0.0230 e. The first-order chi connectivity index (χ1) is 9.78. The van der Waals surface area contributed by atoms with Gasteiger partial charge in [-0.25, -0.2) is 0 Å². The number of hydrogen-bond donors (Lipinski definition) is 1. The van der Waals surface area contributed by atoms with Gasteiger partial charge in [0.1, 0.15) is 0 Å². The average Bonchev–Trinajstić information content (AvgIpc) is 2.48. The highest BCUT2D eigenvalue weighted by atomic mass is 15.1. The Hall–Kier alpha value is -1.64. The molecule has 2 heteroatoms. The summed E-state index contributed by atoms with van der Waals surface area (Å²) < 4.78 is 0. The third-order valence-electron chi connectivity index (χ3n) is 3.53. The number of nitrogens with two attached hydrogens (primary N) is 1. The second-order valence-electron chi connectivity index (χ2n) is 5.35. The fraction of sp³-hybridized carbons (Fsp3) is 0.333. The summed E-state index contributed by atoms with van der Waals surface area (Å²) >= 11 is 0. The number of aryl methyl sites for hydroxylation is 1. The zero-order valence-corrected chi connectivity index (χ0v) is 12.3. The van der Waals surface area contributed by atoms with E-state index in [1.165, 1.54) is 23.1 Å². The Morgan fingerprint density at radius 3 is 2.35 bits per heavy atom. The van der Waals surface area contributed by atoms with E-state index in [-0.39, 0.29) is 0 Å². The van der Waals surface area contributed by atoms with Crippen LogP contribution in [0.3, 0.4) is 0 Å². The van der Waals surface area contributed by atoms with Crippen LogP contribution in [0.25, 0.3) is 0 Å². The van der Waals surface area contributed by atoms with Crippen molar-refractivity contribution in [3.05, 3.63) is 71.3 Å².